The van der Waals surface area contributed by atoms with Crippen molar-refractivity contribution in [3.63, 3.8) is 0 Å². The predicted molar refractivity (Wildman–Crippen MR) is 106 cm³/mol. The molecule has 0 atom stereocenters. The number of thioether (sulfide) groups is 1. The van der Waals surface area contributed by atoms with Gasteiger partial charge in [-0.2, -0.15) is 0 Å². The summed E-state index contributed by atoms with van der Waals surface area (Å²) in [5.41, 5.74) is 1.16. The van der Waals surface area contributed by atoms with Crippen LogP contribution in [0.25, 0.3) is 0 Å². The smallest absolute Gasteiger partial charge is 0.367 e. The lowest BCUT2D eigenvalue weighted by atomic mass is 10.2. The second-order valence-corrected chi connectivity index (χ2v) is 8.86. The van der Waals surface area contributed by atoms with Crippen LogP contribution in [0.4, 0.5) is 0 Å². The minimum absolute atomic E-state index is 0.124. The van der Waals surface area contributed by atoms with Gasteiger partial charge >= 0.3 is 7.60 Å². The second kappa shape index (κ2) is 12.9. The maximum Gasteiger partial charge on any atom is 0.367 e. The van der Waals surface area contributed by atoms with Crippen molar-refractivity contribution in [3.8, 4) is 0 Å². The molecule has 0 N–H and O–H groups in total. The van der Waals surface area contributed by atoms with E-state index in [0.717, 1.165) is 37.0 Å². The van der Waals surface area contributed by atoms with Crippen LogP contribution in [0.2, 0.25) is 0 Å². The van der Waals surface area contributed by atoms with E-state index in [1.165, 1.54) is 11.8 Å². The van der Waals surface area contributed by atoms with Crippen LogP contribution in [0.15, 0.2) is 30.3 Å². The molecule has 0 spiro atoms. The highest BCUT2D eigenvalue weighted by Gasteiger charge is 2.26. The monoisotopic (exact) mass is 390 g/mol. The SMILES string of the molecule is CCCCOP(=O)(COC(=S)SCc1ccccc1)OCCCC. The molecule has 0 aromatic heterocycles. The summed E-state index contributed by atoms with van der Waals surface area (Å²) in [6.45, 7) is 4.93. The zero-order chi connectivity index (χ0) is 17.7. The fraction of sp³-hybridized carbons (Fsp3) is 0.588. The third-order valence-electron chi connectivity index (χ3n) is 3.11. The number of thiocarbonyl (C=S) groups is 1. The van der Waals surface area contributed by atoms with Crippen molar-refractivity contribution in [3.05, 3.63) is 35.9 Å². The Morgan fingerprint density at radius 2 is 1.67 bits per heavy atom. The van der Waals surface area contributed by atoms with E-state index >= 15 is 0 Å². The summed E-state index contributed by atoms with van der Waals surface area (Å²) in [5.74, 6) is 0.720. The molecule has 0 bridgehead atoms. The molecule has 0 aliphatic heterocycles. The summed E-state index contributed by atoms with van der Waals surface area (Å²) < 4.78 is 29.5. The van der Waals surface area contributed by atoms with Gasteiger partial charge in [-0.1, -0.05) is 68.8 Å². The van der Waals surface area contributed by atoms with E-state index in [0.29, 0.717) is 17.6 Å². The fourth-order valence-electron chi connectivity index (χ4n) is 1.70. The van der Waals surface area contributed by atoms with Crippen molar-refractivity contribution in [1.29, 1.82) is 0 Å². The predicted octanol–water partition coefficient (Wildman–Crippen LogP) is 6.01. The van der Waals surface area contributed by atoms with E-state index in [2.05, 4.69) is 13.8 Å². The molecule has 4 nitrogen and oxygen atoms in total. The van der Waals surface area contributed by atoms with Gasteiger partial charge in [-0.15, -0.1) is 0 Å². The highest BCUT2D eigenvalue weighted by atomic mass is 32.2. The normalized spacial score (nSPS) is 11.4. The van der Waals surface area contributed by atoms with Gasteiger partial charge in [0.25, 0.3) is 0 Å². The Labute approximate surface area is 155 Å². The van der Waals surface area contributed by atoms with Gasteiger partial charge in [0.15, 0.2) is 6.35 Å². The standard InChI is InChI=1S/C17H27O4PS2/c1-3-5-12-20-22(18,21-13-6-4-2)15-19-17(23)24-14-16-10-8-7-9-11-16/h7-11H,3-6,12-15H2,1-2H3. The van der Waals surface area contributed by atoms with Crippen LogP contribution < -0.4 is 0 Å². The summed E-state index contributed by atoms with van der Waals surface area (Å²) in [5, 5.41) is 0. The molecule has 1 aromatic carbocycles. The van der Waals surface area contributed by atoms with E-state index in [-0.39, 0.29) is 6.35 Å². The van der Waals surface area contributed by atoms with Gasteiger partial charge < -0.3 is 13.8 Å². The summed E-state index contributed by atoms with van der Waals surface area (Å²) >= 11 is 6.60. The van der Waals surface area contributed by atoms with Crippen LogP contribution in [-0.4, -0.2) is 23.9 Å². The lowest BCUT2D eigenvalue weighted by Crippen LogP contribution is -2.07. The second-order valence-electron chi connectivity index (χ2n) is 5.28. The Morgan fingerprint density at radius 3 is 2.21 bits per heavy atom. The Bertz CT molecular complexity index is 497. The molecule has 0 aliphatic rings. The van der Waals surface area contributed by atoms with Crippen molar-refractivity contribution in [2.24, 2.45) is 0 Å². The molecule has 0 aliphatic carbocycles. The van der Waals surface area contributed by atoms with E-state index in [1.54, 1.807) is 0 Å². The summed E-state index contributed by atoms with van der Waals surface area (Å²) in [7, 11) is -3.25. The molecule has 136 valence electrons. The minimum Gasteiger partial charge on any atom is -0.466 e. The third-order valence-corrected chi connectivity index (χ3v) is 6.01. The highest BCUT2D eigenvalue weighted by Crippen LogP contribution is 2.48. The third kappa shape index (κ3) is 9.80. The number of rotatable bonds is 12. The average Bonchev–Trinajstić information content (AvgIpc) is 2.60. The van der Waals surface area contributed by atoms with Crippen LogP contribution in [0, 0.1) is 0 Å². The van der Waals surface area contributed by atoms with Gasteiger partial charge in [-0.3, -0.25) is 4.57 Å². The van der Waals surface area contributed by atoms with E-state index in [9.17, 15) is 4.57 Å². The van der Waals surface area contributed by atoms with E-state index < -0.39 is 7.60 Å². The molecule has 0 saturated heterocycles. The van der Waals surface area contributed by atoms with Crippen molar-refractivity contribution in [1.82, 2.24) is 0 Å². The first kappa shape index (κ1) is 21.7. The van der Waals surface area contributed by atoms with Crippen LogP contribution in [0.5, 0.6) is 0 Å². The van der Waals surface area contributed by atoms with Gasteiger partial charge in [0.1, 0.15) is 0 Å². The quantitative estimate of drug-likeness (QED) is 0.248. The van der Waals surface area contributed by atoms with Crippen molar-refractivity contribution < 1.29 is 18.3 Å². The van der Waals surface area contributed by atoms with Crippen LogP contribution >= 0.6 is 31.6 Å². The summed E-state index contributed by atoms with van der Waals surface area (Å²) in [6, 6.07) is 10.00. The minimum atomic E-state index is -3.25. The average molecular weight is 391 g/mol. The summed E-state index contributed by atoms with van der Waals surface area (Å²) in [4.78, 5) is 0. The zero-order valence-electron chi connectivity index (χ0n) is 14.4. The number of ether oxygens (including phenoxy) is 1. The maximum atomic E-state index is 12.7. The molecule has 0 saturated carbocycles. The van der Waals surface area contributed by atoms with Crippen molar-refractivity contribution in [2.75, 3.05) is 19.6 Å². The summed E-state index contributed by atoms with van der Waals surface area (Å²) in [6.07, 6.45) is 3.51. The first-order chi connectivity index (χ1) is 11.6. The van der Waals surface area contributed by atoms with E-state index in [4.69, 9.17) is 26.0 Å². The molecule has 0 heterocycles. The molecule has 24 heavy (non-hydrogen) atoms. The van der Waals surface area contributed by atoms with E-state index in [1.807, 2.05) is 30.3 Å². The van der Waals surface area contributed by atoms with Crippen LogP contribution in [-0.2, 0) is 24.1 Å². The van der Waals surface area contributed by atoms with Gasteiger partial charge in [0.05, 0.1) is 13.2 Å². The first-order valence-electron chi connectivity index (χ1n) is 8.31. The van der Waals surface area contributed by atoms with Gasteiger partial charge in [-0.25, -0.2) is 0 Å². The maximum absolute atomic E-state index is 12.7. The Kier molecular flexibility index (Phi) is 11.6. The fourth-order valence-corrected chi connectivity index (χ4v) is 4.05. The highest BCUT2D eigenvalue weighted by molar-refractivity contribution is 8.22. The number of hydrogen-bond donors (Lipinski definition) is 0. The number of hydrogen-bond acceptors (Lipinski definition) is 6. The molecule has 0 amide bonds. The van der Waals surface area contributed by atoms with Gasteiger partial charge in [0.2, 0.25) is 4.38 Å². The Balaban J connectivity index is 2.40. The Hall–Kier alpha value is -0.390. The lowest BCUT2D eigenvalue weighted by molar-refractivity contribution is 0.180. The van der Waals surface area contributed by atoms with Crippen molar-refractivity contribution >= 4 is 36.0 Å². The molecule has 7 heteroatoms. The molecule has 0 unspecified atom stereocenters. The molecule has 1 aromatic rings. The van der Waals surface area contributed by atoms with Gasteiger partial charge in [0, 0.05) is 5.75 Å². The van der Waals surface area contributed by atoms with Crippen molar-refractivity contribution in [2.45, 2.75) is 45.3 Å². The number of unbranched alkanes of at least 4 members (excludes halogenated alkanes) is 2. The lowest BCUT2D eigenvalue weighted by Gasteiger charge is -2.19. The zero-order valence-corrected chi connectivity index (χ0v) is 17.0. The molecule has 0 radical (unpaired) electrons. The topological polar surface area (TPSA) is 44.8 Å². The van der Waals surface area contributed by atoms with Crippen LogP contribution in [0.3, 0.4) is 0 Å². The largest absolute Gasteiger partial charge is 0.466 e. The number of benzene rings is 1. The Morgan fingerprint density at radius 1 is 1.08 bits per heavy atom. The van der Waals surface area contributed by atoms with Gasteiger partial charge in [-0.05, 0) is 30.6 Å². The van der Waals surface area contributed by atoms with Crippen LogP contribution in [0.1, 0.15) is 45.1 Å². The molecular weight excluding hydrogens is 363 g/mol. The molecule has 0 fully saturated rings. The molecular formula is C17H27O4PS2. The molecule has 1 rings (SSSR count). The first-order valence-corrected chi connectivity index (χ1v) is 11.4.